The Labute approximate surface area is 110 Å². The Bertz CT molecular complexity index is 639. The van der Waals surface area contributed by atoms with Crippen molar-refractivity contribution in [1.29, 1.82) is 0 Å². The summed E-state index contributed by atoms with van der Waals surface area (Å²) in [5.74, 6) is 0.0309. The van der Waals surface area contributed by atoms with Crippen LogP contribution in [0.5, 0.6) is 0 Å². The van der Waals surface area contributed by atoms with Gasteiger partial charge in [-0.25, -0.2) is 4.79 Å². The maximum atomic E-state index is 11.2. The SMILES string of the molecule is CC(CCN)C1(c2ccc3oc(=O)[nH]c3c2)COC1. The third kappa shape index (κ3) is 1.89. The molecule has 0 radical (unpaired) electrons. The second-order valence-corrected chi connectivity index (χ2v) is 5.35. The minimum atomic E-state index is -0.416. The molecule has 19 heavy (non-hydrogen) atoms. The molecule has 1 saturated heterocycles. The van der Waals surface area contributed by atoms with E-state index < -0.39 is 5.76 Å². The number of hydrogen-bond acceptors (Lipinski definition) is 4. The molecule has 0 saturated carbocycles. The summed E-state index contributed by atoms with van der Waals surface area (Å²) in [7, 11) is 0. The van der Waals surface area contributed by atoms with Crippen molar-refractivity contribution in [2.45, 2.75) is 18.8 Å². The molecule has 0 aliphatic carbocycles. The maximum Gasteiger partial charge on any atom is 0.417 e. The number of oxazole rings is 1. The van der Waals surface area contributed by atoms with Gasteiger partial charge < -0.3 is 14.9 Å². The first kappa shape index (κ1) is 12.4. The van der Waals surface area contributed by atoms with Gasteiger partial charge in [-0.1, -0.05) is 13.0 Å². The van der Waals surface area contributed by atoms with E-state index in [1.165, 1.54) is 5.56 Å². The fraction of sp³-hybridized carbons (Fsp3) is 0.500. The largest absolute Gasteiger partial charge is 0.417 e. The molecule has 5 heteroatoms. The van der Waals surface area contributed by atoms with Gasteiger partial charge in [-0.15, -0.1) is 0 Å². The second-order valence-electron chi connectivity index (χ2n) is 5.35. The summed E-state index contributed by atoms with van der Waals surface area (Å²) in [6, 6.07) is 5.86. The zero-order chi connectivity index (χ0) is 13.5. The molecule has 1 atom stereocenters. The van der Waals surface area contributed by atoms with E-state index in [0.29, 0.717) is 31.3 Å². The van der Waals surface area contributed by atoms with Crippen molar-refractivity contribution < 1.29 is 9.15 Å². The quantitative estimate of drug-likeness (QED) is 0.872. The van der Waals surface area contributed by atoms with Gasteiger partial charge in [0.2, 0.25) is 0 Å². The van der Waals surface area contributed by atoms with Gasteiger partial charge in [0.25, 0.3) is 0 Å². The predicted octanol–water partition coefficient (Wildman–Crippen LogP) is 1.37. The van der Waals surface area contributed by atoms with E-state index in [1.54, 1.807) is 0 Å². The average molecular weight is 262 g/mol. The Morgan fingerprint density at radius 1 is 1.47 bits per heavy atom. The van der Waals surface area contributed by atoms with Crippen molar-refractivity contribution in [3.8, 4) is 0 Å². The second kappa shape index (κ2) is 4.51. The summed E-state index contributed by atoms with van der Waals surface area (Å²) >= 11 is 0. The highest BCUT2D eigenvalue weighted by atomic mass is 16.5. The van der Waals surface area contributed by atoms with E-state index in [1.807, 2.05) is 18.2 Å². The van der Waals surface area contributed by atoms with Crippen molar-refractivity contribution in [1.82, 2.24) is 4.98 Å². The molecule has 1 aliphatic heterocycles. The van der Waals surface area contributed by atoms with Gasteiger partial charge in [-0.05, 0) is 36.6 Å². The molecule has 3 rings (SSSR count). The van der Waals surface area contributed by atoms with Crippen LogP contribution in [0.1, 0.15) is 18.9 Å². The smallest absolute Gasteiger partial charge is 0.408 e. The van der Waals surface area contributed by atoms with Crippen LogP contribution in [-0.2, 0) is 10.2 Å². The van der Waals surface area contributed by atoms with Gasteiger partial charge in [0, 0.05) is 5.41 Å². The Morgan fingerprint density at radius 3 is 2.89 bits per heavy atom. The van der Waals surface area contributed by atoms with Crippen LogP contribution in [0.3, 0.4) is 0 Å². The lowest BCUT2D eigenvalue weighted by Crippen LogP contribution is -2.52. The molecule has 1 unspecified atom stereocenters. The summed E-state index contributed by atoms with van der Waals surface area (Å²) in [5, 5.41) is 0. The number of nitrogens with one attached hydrogen (secondary N) is 1. The first-order valence-electron chi connectivity index (χ1n) is 6.57. The van der Waals surface area contributed by atoms with Crippen LogP contribution in [0.15, 0.2) is 27.4 Å². The van der Waals surface area contributed by atoms with E-state index in [2.05, 4.69) is 11.9 Å². The number of hydrogen-bond donors (Lipinski definition) is 2. The first-order chi connectivity index (χ1) is 9.15. The number of nitrogens with two attached hydrogens (primary N) is 1. The van der Waals surface area contributed by atoms with Crippen molar-refractivity contribution in [2.24, 2.45) is 11.7 Å². The zero-order valence-corrected chi connectivity index (χ0v) is 10.9. The summed E-state index contributed by atoms with van der Waals surface area (Å²) < 4.78 is 10.5. The average Bonchev–Trinajstić information content (AvgIpc) is 2.67. The zero-order valence-electron chi connectivity index (χ0n) is 10.9. The number of fused-ring (bicyclic) bond motifs is 1. The van der Waals surface area contributed by atoms with Crippen LogP contribution in [0, 0.1) is 5.92 Å². The third-order valence-corrected chi connectivity index (χ3v) is 4.26. The Hall–Kier alpha value is -1.59. The molecule has 3 N–H and O–H groups in total. The van der Waals surface area contributed by atoms with Crippen LogP contribution in [-0.4, -0.2) is 24.7 Å². The monoisotopic (exact) mass is 262 g/mol. The van der Waals surface area contributed by atoms with E-state index in [-0.39, 0.29) is 5.41 Å². The number of ether oxygens (including phenoxy) is 1. The van der Waals surface area contributed by atoms with Crippen LogP contribution in [0.4, 0.5) is 0 Å². The van der Waals surface area contributed by atoms with Crippen molar-refractivity contribution >= 4 is 11.1 Å². The molecular formula is C14H18N2O3. The van der Waals surface area contributed by atoms with Gasteiger partial charge in [-0.2, -0.15) is 0 Å². The lowest BCUT2D eigenvalue weighted by atomic mass is 9.68. The molecule has 5 nitrogen and oxygen atoms in total. The minimum Gasteiger partial charge on any atom is -0.408 e. The molecule has 1 aliphatic rings. The van der Waals surface area contributed by atoms with E-state index in [0.717, 1.165) is 11.9 Å². The maximum absolute atomic E-state index is 11.2. The summed E-state index contributed by atoms with van der Waals surface area (Å²) in [6.07, 6.45) is 0.962. The van der Waals surface area contributed by atoms with Crippen molar-refractivity contribution in [3.63, 3.8) is 0 Å². The molecule has 1 aromatic carbocycles. The topological polar surface area (TPSA) is 81.2 Å². The Kier molecular flexibility index (Phi) is 2.95. The molecule has 0 spiro atoms. The van der Waals surface area contributed by atoms with E-state index in [9.17, 15) is 4.79 Å². The fourth-order valence-electron chi connectivity index (χ4n) is 2.85. The number of H-pyrrole nitrogens is 1. The molecule has 2 heterocycles. The molecule has 1 fully saturated rings. The van der Waals surface area contributed by atoms with E-state index >= 15 is 0 Å². The van der Waals surface area contributed by atoms with Crippen LogP contribution in [0.2, 0.25) is 0 Å². The lowest BCUT2D eigenvalue weighted by Gasteiger charge is -2.46. The van der Waals surface area contributed by atoms with Crippen LogP contribution in [0.25, 0.3) is 11.1 Å². The third-order valence-electron chi connectivity index (χ3n) is 4.26. The predicted molar refractivity (Wildman–Crippen MR) is 72.2 cm³/mol. The normalized spacial score (nSPS) is 19.3. The van der Waals surface area contributed by atoms with Gasteiger partial charge >= 0.3 is 5.76 Å². The van der Waals surface area contributed by atoms with Crippen LogP contribution < -0.4 is 11.5 Å². The van der Waals surface area contributed by atoms with Crippen LogP contribution >= 0.6 is 0 Å². The summed E-state index contributed by atoms with van der Waals surface area (Å²) in [5.41, 5.74) is 8.21. The molecule has 2 aromatic rings. The molecule has 102 valence electrons. The van der Waals surface area contributed by atoms with Gasteiger partial charge in [0.05, 0.1) is 18.7 Å². The van der Waals surface area contributed by atoms with E-state index in [4.69, 9.17) is 14.9 Å². The van der Waals surface area contributed by atoms with Crippen molar-refractivity contribution in [3.05, 3.63) is 34.3 Å². The number of benzene rings is 1. The Morgan fingerprint density at radius 2 is 2.26 bits per heavy atom. The fourth-order valence-corrected chi connectivity index (χ4v) is 2.85. The number of rotatable bonds is 4. The van der Waals surface area contributed by atoms with Gasteiger partial charge in [-0.3, -0.25) is 4.98 Å². The van der Waals surface area contributed by atoms with Gasteiger partial charge in [0.15, 0.2) is 5.58 Å². The molecule has 0 amide bonds. The number of aromatic amines is 1. The standard InChI is InChI=1S/C14H18N2O3/c1-9(4-5-15)14(7-18-8-14)10-2-3-12-11(6-10)16-13(17)19-12/h2-3,6,9H,4-5,7-8,15H2,1H3,(H,16,17). The molecule has 1 aromatic heterocycles. The summed E-state index contributed by atoms with van der Waals surface area (Å²) in [6.45, 7) is 4.30. The molecular weight excluding hydrogens is 244 g/mol. The summed E-state index contributed by atoms with van der Waals surface area (Å²) in [4.78, 5) is 13.9. The van der Waals surface area contributed by atoms with Crippen molar-refractivity contribution in [2.75, 3.05) is 19.8 Å². The highest BCUT2D eigenvalue weighted by Gasteiger charge is 2.44. The highest BCUT2D eigenvalue weighted by molar-refractivity contribution is 5.73. The van der Waals surface area contributed by atoms with Gasteiger partial charge in [0.1, 0.15) is 0 Å². The number of aromatic nitrogens is 1. The minimum absolute atomic E-state index is 0.0156. The first-order valence-corrected chi connectivity index (χ1v) is 6.57. The Balaban J connectivity index is 2.03. The lowest BCUT2D eigenvalue weighted by molar-refractivity contribution is -0.0882. The highest BCUT2D eigenvalue weighted by Crippen LogP contribution is 2.41. The molecule has 0 bridgehead atoms.